The van der Waals surface area contributed by atoms with Crippen LogP contribution in [0.1, 0.15) is 23.7 Å². The van der Waals surface area contributed by atoms with Crippen molar-refractivity contribution in [3.63, 3.8) is 0 Å². The molecule has 1 aromatic heterocycles. The van der Waals surface area contributed by atoms with Crippen LogP contribution in [0.3, 0.4) is 0 Å². The smallest absolute Gasteiger partial charge is 0.0898 e. The Hall–Kier alpha value is 0.550. The minimum absolute atomic E-state index is 0. The Morgan fingerprint density at radius 2 is 2.09 bits per heavy atom. The zero-order chi connectivity index (χ0) is 6.85. The summed E-state index contributed by atoms with van der Waals surface area (Å²) in [7, 11) is 0. The van der Waals surface area contributed by atoms with Gasteiger partial charge in [-0.1, -0.05) is 0 Å². The minimum Gasteiger partial charge on any atom is -0.323 e. The van der Waals surface area contributed by atoms with Crippen LogP contribution >= 0.6 is 45.3 Å². The van der Waals surface area contributed by atoms with E-state index in [4.69, 9.17) is 5.73 Å². The molecule has 0 aromatic carbocycles. The van der Waals surface area contributed by atoms with Crippen molar-refractivity contribution in [2.75, 3.05) is 0 Å². The molecule has 0 aliphatic rings. The highest BCUT2D eigenvalue weighted by Gasteiger charge is 2.01. The molecule has 0 aliphatic heterocycles. The molecule has 1 heterocycles. The van der Waals surface area contributed by atoms with Gasteiger partial charge in [-0.25, -0.2) is 4.98 Å². The summed E-state index contributed by atoms with van der Waals surface area (Å²) in [5.41, 5.74) is 6.57. The standard InChI is InChI=1S/C6H10N2S.2BrH/c1-4(7)6-3-9-5(2)8-6;;/h3-4H,7H2,1-2H3;2*1H/t4-;;/m0../s1. The molecule has 5 heteroatoms. The maximum Gasteiger partial charge on any atom is 0.0898 e. The SMILES string of the molecule is Br.Br.Cc1nc([C@H](C)N)cs1. The van der Waals surface area contributed by atoms with Crippen molar-refractivity contribution in [2.24, 2.45) is 5.73 Å². The largest absolute Gasteiger partial charge is 0.323 e. The van der Waals surface area contributed by atoms with E-state index in [1.54, 1.807) is 11.3 Å². The second-order valence-corrected chi connectivity index (χ2v) is 3.14. The highest BCUT2D eigenvalue weighted by Crippen LogP contribution is 2.12. The molecule has 0 fully saturated rings. The van der Waals surface area contributed by atoms with Crippen LogP contribution in [-0.2, 0) is 0 Å². The van der Waals surface area contributed by atoms with Crippen molar-refractivity contribution in [3.8, 4) is 0 Å². The van der Waals surface area contributed by atoms with Gasteiger partial charge in [-0.15, -0.1) is 45.3 Å². The molecule has 1 rings (SSSR count). The second-order valence-electron chi connectivity index (χ2n) is 2.08. The van der Waals surface area contributed by atoms with Gasteiger partial charge in [0.05, 0.1) is 10.7 Å². The molecule has 0 saturated carbocycles. The summed E-state index contributed by atoms with van der Waals surface area (Å²) < 4.78 is 0. The summed E-state index contributed by atoms with van der Waals surface area (Å²) in [6.45, 7) is 3.92. The molecule has 66 valence electrons. The van der Waals surface area contributed by atoms with Crippen molar-refractivity contribution >= 4 is 45.3 Å². The Balaban J connectivity index is 0. The highest BCUT2D eigenvalue weighted by atomic mass is 79.9. The summed E-state index contributed by atoms with van der Waals surface area (Å²) in [5, 5.41) is 3.09. The third-order valence-corrected chi connectivity index (χ3v) is 1.90. The average Bonchev–Trinajstić information content (AvgIpc) is 2.14. The molecule has 1 aromatic rings. The number of rotatable bonds is 1. The summed E-state index contributed by atoms with van der Waals surface area (Å²) in [6, 6.07) is 0.0787. The van der Waals surface area contributed by atoms with E-state index >= 15 is 0 Å². The summed E-state index contributed by atoms with van der Waals surface area (Å²) in [6.07, 6.45) is 0. The van der Waals surface area contributed by atoms with Gasteiger partial charge < -0.3 is 5.73 Å². The molecule has 0 unspecified atom stereocenters. The van der Waals surface area contributed by atoms with Crippen LogP contribution in [0.2, 0.25) is 0 Å². The predicted molar refractivity (Wildman–Crippen MR) is 60.1 cm³/mol. The van der Waals surface area contributed by atoms with Crippen molar-refractivity contribution < 1.29 is 0 Å². The number of nitrogens with zero attached hydrogens (tertiary/aromatic N) is 1. The Morgan fingerprint density at radius 3 is 2.27 bits per heavy atom. The molecule has 0 spiro atoms. The molecule has 11 heavy (non-hydrogen) atoms. The van der Waals surface area contributed by atoms with E-state index in [0.717, 1.165) is 10.7 Å². The minimum atomic E-state index is 0. The van der Waals surface area contributed by atoms with E-state index in [9.17, 15) is 0 Å². The lowest BCUT2D eigenvalue weighted by atomic mass is 10.3. The lowest BCUT2D eigenvalue weighted by molar-refractivity contribution is 0.786. The first-order valence-corrected chi connectivity index (χ1v) is 3.75. The summed E-state index contributed by atoms with van der Waals surface area (Å²) in [5.74, 6) is 0. The molecule has 0 radical (unpaired) electrons. The molecule has 0 amide bonds. The Bertz CT molecular complexity index is 200. The number of thiazole rings is 1. The van der Waals surface area contributed by atoms with Crippen molar-refractivity contribution in [1.29, 1.82) is 0 Å². The Kier molecular flexibility index (Phi) is 7.83. The van der Waals surface area contributed by atoms with Gasteiger partial charge in [0.2, 0.25) is 0 Å². The molecular formula is C6H12Br2N2S. The van der Waals surface area contributed by atoms with Crippen molar-refractivity contribution in [3.05, 3.63) is 16.1 Å². The van der Waals surface area contributed by atoms with E-state index < -0.39 is 0 Å². The number of hydrogen-bond acceptors (Lipinski definition) is 3. The fourth-order valence-electron chi connectivity index (χ4n) is 0.589. The van der Waals surface area contributed by atoms with Crippen molar-refractivity contribution in [1.82, 2.24) is 4.98 Å². The molecular weight excluding hydrogens is 292 g/mol. The van der Waals surface area contributed by atoms with Crippen LogP contribution in [0.15, 0.2) is 5.38 Å². The highest BCUT2D eigenvalue weighted by molar-refractivity contribution is 8.93. The van der Waals surface area contributed by atoms with Crippen molar-refractivity contribution in [2.45, 2.75) is 19.9 Å². The molecule has 0 bridgehead atoms. The summed E-state index contributed by atoms with van der Waals surface area (Å²) >= 11 is 1.64. The van der Waals surface area contributed by atoms with E-state index in [2.05, 4.69) is 4.98 Å². The molecule has 0 saturated heterocycles. The van der Waals surface area contributed by atoms with E-state index in [0.29, 0.717) is 0 Å². The fraction of sp³-hybridized carbons (Fsp3) is 0.500. The zero-order valence-corrected chi connectivity index (χ0v) is 10.6. The second kappa shape index (κ2) is 6.11. The topological polar surface area (TPSA) is 38.9 Å². The zero-order valence-electron chi connectivity index (χ0n) is 6.40. The normalized spacial score (nSPS) is 11.2. The van der Waals surface area contributed by atoms with Gasteiger partial charge in [-0.3, -0.25) is 0 Å². The van der Waals surface area contributed by atoms with E-state index in [1.165, 1.54) is 0 Å². The Morgan fingerprint density at radius 1 is 1.55 bits per heavy atom. The first kappa shape index (κ1) is 14.1. The maximum absolute atomic E-state index is 5.57. The van der Waals surface area contributed by atoms with Gasteiger partial charge in [0.25, 0.3) is 0 Å². The molecule has 1 atom stereocenters. The predicted octanol–water partition coefficient (Wildman–Crippen LogP) is 2.63. The monoisotopic (exact) mass is 302 g/mol. The van der Waals surface area contributed by atoms with E-state index in [-0.39, 0.29) is 40.0 Å². The van der Waals surface area contributed by atoms with Crippen LogP contribution in [0, 0.1) is 6.92 Å². The molecule has 2 nitrogen and oxygen atoms in total. The number of aryl methyl sites for hydroxylation is 1. The lowest BCUT2D eigenvalue weighted by Gasteiger charge is -1.95. The van der Waals surface area contributed by atoms with Gasteiger partial charge in [0.15, 0.2) is 0 Å². The third kappa shape index (κ3) is 4.20. The third-order valence-electron chi connectivity index (χ3n) is 1.10. The fourth-order valence-corrected chi connectivity index (χ4v) is 1.31. The first-order valence-electron chi connectivity index (χ1n) is 2.88. The van der Waals surface area contributed by atoms with Gasteiger partial charge in [0.1, 0.15) is 0 Å². The molecule has 2 N–H and O–H groups in total. The summed E-state index contributed by atoms with van der Waals surface area (Å²) in [4.78, 5) is 4.20. The number of hydrogen-bond donors (Lipinski definition) is 1. The van der Waals surface area contributed by atoms with Crippen LogP contribution in [0.5, 0.6) is 0 Å². The van der Waals surface area contributed by atoms with Crippen LogP contribution in [-0.4, -0.2) is 4.98 Å². The quantitative estimate of drug-likeness (QED) is 0.866. The number of aromatic nitrogens is 1. The van der Waals surface area contributed by atoms with Crippen LogP contribution in [0.25, 0.3) is 0 Å². The molecule has 0 aliphatic carbocycles. The van der Waals surface area contributed by atoms with Crippen LogP contribution < -0.4 is 5.73 Å². The van der Waals surface area contributed by atoms with Gasteiger partial charge in [-0.05, 0) is 13.8 Å². The van der Waals surface area contributed by atoms with Gasteiger partial charge >= 0.3 is 0 Å². The average molecular weight is 304 g/mol. The van der Waals surface area contributed by atoms with Gasteiger partial charge in [-0.2, -0.15) is 0 Å². The number of halogens is 2. The Labute approximate surface area is 91.8 Å². The maximum atomic E-state index is 5.57. The van der Waals surface area contributed by atoms with Crippen LogP contribution in [0.4, 0.5) is 0 Å². The first-order chi connectivity index (χ1) is 4.20. The van der Waals surface area contributed by atoms with E-state index in [1.807, 2.05) is 19.2 Å². The van der Waals surface area contributed by atoms with Gasteiger partial charge in [0, 0.05) is 11.4 Å². The lowest BCUT2D eigenvalue weighted by Crippen LogP contribution is -2.04. The number of nitrogens with two attached hydrogens (primary N) is 1.